The maximum absolute atomic E-state index is 12.8. The van der Waals surface area contributed by atoms with Gasteiger partial charge in [-0.15, -0.1) is 11.3 Å². The first-order valence-corrected chi connectivity index (χ1v) is 13.1. The Morgan fingerprint density at radius 3 is 2.38 bits per heavy atom. The van der Waals surface area contributed by atoms with E-state index < -0.39 is 12.1 Å². The van der Waals surface area contributed by atoms with Crippen molar-refractivity contribution in [3.05, 3.63) is 15.6 Å². The highest BCUT2D eigenvalue weighted by atomic mass is 32.1. The number of aromatic nitrogens is 1. The average Bonchev–Trinajstić information content (AvgIpc) is 3.15. The minimum Gasteiger partial charge on any atom is -0.475 e. The number of carbonyl (C=O) groups excluding carboxylic acids is 1. The normalized spacial score (nSPS) is 24.7. The molecule has 4 rings (SSSR count). The Kier molecular flexibility index (Phi) is 9.00. The van der Waals surface area contributed by atoms with Crippen molar-refractivity contribution in [1.29, 1.82) is 0 Å². The standard InChI is InChI=1S/C22H35N3OS.C2HF3O2/c1-17-20(27-18(2)23-17)16-24-13-6-10-22(12-14-24)11-9-21(26)25(22)15-19-7-4-3-5-8-19;3-2(4,5)1(6)7/h19H,3-16H2,1-2H3;(H,6,7). The fraction of sp³-hybridized carbons (Fsp3) is 0.792. The number of hydrogen-bond donors (Lipinski definition) is 1. The molecule has 1 unspecified atom stereocenters. The number of aryl methyl sites for hydroxylation is 2. The van der Waals surface area contributed by atoms with Gasteiger partial charge in [0.15, 0.2) is 0 Å². The summed E-state index contributed by atoms with van der Waals surface area (Å²) in [5, 5.41) is 8.30. The van der Waals surface area contributed by atoms with Gasteiger partial charge in [0.2, 0.25) is 5.91 Å². The van der Waals surface area contributed by atoms with Crippen LogP contribution in [0.15, 0.2) is 0 Å². The molecule has 3 heterocycles. The van der Waals surface area contributed by atoms with Crippen LogP contribution in [0.1, 0.15) is 79.8 Å². The van der Waals surface area contributed by atoms with Gasteiger partial charge in [0.05, 0.1) is 10.7 Å². The fourth-order valence-electron chi connectivity index (χ4n) is 5.63. The number of carbonyl (C=O) groups is 2. The van der Waals surface area contributed by atoms with Crippen molar-refractivity contribution in [1.82, 2.24) is 14.8 Å². The predicted octanol–water partition coefficient (Wildman–Crippen LogP) is 5.32. The van der Waals surface area contributed by atoms with Crippen molar-refractivity contribution in [3.63, 3.8) is 0 Å². The van der Waals surface area contributed by atoms with E-state index in [0.717, 1.165) is 51.4 Å². The molecule has 10 heteroatoms. The number of hydrogen-bond acceptors (Lipinski definition) is 5. The molecule has 3 aliphatic rings. The van der Waals surface area contributed by atoms with Crippen LogP contribution >= 0.6 is 11.3 Å². The highest BCUT2D eigenvalue weighted by Crippen LogP contribution is 2.41. The van der Waals surface area contributed by atoms with E-state index in [1.165, 1.54) is 60.5 Å². The summed E-state index contributed by atoms with van der Waals surface area (Å²) in [4.78, 5) is 32.6. The van der Waals surface area contributed by atoms with Gasteiger partial charge >= 0.3 is 12.1 Å². The smallest absolute Gasteiger partial charge is 0.475 e. The molecular formula is C24H36F3N3O3S. The van der Waals surface area contributed by atoms with Crippen molar-refractivity contribution >= 4 is 23.2 Å². The monoisotopic (exact) mass is 503 g/mol. The Balaban J connectivity index is 0.000000406. The van der Waals surface area contributed by atoms with Crippen molar-refractivity contribution in [3.8, 4) is 0 Å². The molecule has 1 spiro atoms. The Bertz CT molecular complexity index is 854. The average molecular weight is 504 g/mol. The third-order valence-corrected chi connectivity index (χ3v) is 8.52. The number of carboxylic acids is 1. The van der Waals surface area contributed by atoms with Gasteiger partial charge < -0.3 is 10.0 Å². The summed E-state index contributed by atoms with van der Waals surface area (Å²) in [5.74, 6) is -1.57. The lowest BCUT2D eigenvalue weighted by molar-refractivity contribution is -0.192. The molecule has 2 aliphatic heterocycles. The number of carboxylic acid groups (broad SMARTS) is 1. The molecule has 1 N–H and O–H groups in total. The van der Waals surface area contributed by atoms with Gasteiger partial charge in [-0.05, 0) is 64.8 Å². The fourth-order valence-corrected chi connectivity index (χ4v) is 6.61. The van der Waals surface area contributed by atoms with Gasteiger partial charge in [-0.25, -0.2) is 9.78 Å². The molecule has 0 aromatic carbocycles. The molecular weight excluding hydrogens is 467 g/mol. The summed E-state index contributed by atoms with van der Waals surface area (Å²) < 4.78 is 31.7. The van der Waals surface area contributed by atoms with Gasteiger partial charge in [0.1, 0.15) is 0 Å². The first-order chi connectivity index (χ1) is 16.0. The molecule has 192 valence electrons. The van der Waals surface area contributed by atoms with Crippen molar-refractivity contribution in [2.75, 3.05) is 19.6 Å². The van der Waals surface area contributed by atoms with E-state index in [9.17, 15) is 18.0 Å². The molecule has 0 bridgehead atoms. The molecule has 6 nitrogen and oxygen atoms in total. The molecule has 34 heavy (non-hydrogen) atoms. The molecule has 1 atom stereocenters. The minimum absolute atomic E-state index is 0.155. The zero-order valence-corrected chi connectivity index (χ0v) is 20.9. The maximum atomic E-state index is 12.8. The van der Waals surface area contributed by atoms with E-state index >= 15 is 0 Å². The maximum Gasteiger partial charge on any atom is 0.490 e. The van der Waals surface area contributed by atoms with Gasteiger partial charge in [-0.3, -0.25) is 9.69 Å². The van der Waals surface area contributed by atoms with Crippen LogP contribution in [-0.4, -0.2) is 63.1 Å². The van der Waals surface area contributed by atoms with Crippen LogP contribution in [0.2, 0.25) is 0 Å². The summed E-state index contributed by atoms with van der Waals surface area (Å²) >= 11 is 1.85. The van der Waals surface area contributed by atoms with Crippen LogP contribution in [-0.2, 0) is 16.1 Å². The van der Waals surface area contributed by atoms with Gasteiger partial charge in [-0.1, -0.05) is 19.3 Å². The molecule has 1 amide bonds. The van der Waals surface area contributed by atoms with E-state index in [1.807, 2.05) is 11.3 Å². The highest BCUT2D eigenvalue weighted by Gasteiger charge is 2.46. The Morgan fingerprint density at radius 2 is 1.79 bits per heavy atom. The first-order valence-electron chi connectivity index (χ1n) is 12.3. The molecule has 1 aromatic rings. The number of rotatable bonds is 4. The quantitative estimate of drug-likeness (QED) is 0.602. The first kappa shape index (κ1) is 26.9. The minimum atomic E-state index is -5.08. The van der Waals surface area contributed by atoms with Crippen LogP contribution < -0.4 is 0 Å². The largest absolute Gasteiger partial charge is 0.490 e. The van der Waals surface area contributed by atoms with Gasteiger partial charge in [0, 0.05) is 36.5 Å². The lowest BCUT2D eigenvalue weighted by Crippen LogP contribution is -2.48. The van der Waals surface area contributed by atoms with Gasteiger partial charge in [0.25, 0.3) is 0 Å². The third kappa shape index (κ3) is 6.93. The Labute approximate surface area is 203 Å². The van der Waals surface area contributed by atoms with Gasteiger partial charge in [-0.2, -0.15) is 13.2 Å². The summed E-state index contributed by atoms with van der Waals surface area (Å²) in [6, 6.07) is 0. The number of nitrogens with zero attached hydrogens (tertiary/aromatic N) is 3. The zero-order valence-electron chi connectivity index (χ0n) is 20.1. The summed E-state index contributed by atoms with van der Waals surface area (Å²) in [6.45, 7) is 8.58. The Hall–Kier alpha value is -1.68. The van der Waals surface area contributed by atoms with E-state index in [4.69, 9.17) is 9.90 Å². The number of likely N-dealkylation sites (tertiary alicyclic amines) is 2. The molecule has 2 saturated heterocycles. The lowest BCUT2D eigenvalue weighted by Gasteiger charge is -2.41. The van der Waals surface area contributed by atoms with E-state index in [2.05, 4.69) is 28.6 Å². The summed E-state index contributed by atoms with van der Waals surface area (Å²) in [7, 11) is 0. The van der Waals surface area contributed by atoms with E-state index in [0.29, 0.717) is 5.91 Å². The van der Waals surface area contributed by atoms with E-state index in [1.54, 1.807) is 0 Å². The number of amides is 1. The lowest BCUT2D eigenvalue weighted by atomic mass is 9.84. The van der Waals surface area contributed by atoms with Crippen LogP contribution in [0.4, 0.5) is 13.2 Å². The number of thiazole rings is 1. The SMILES string of the molecule is Cc1nc(C)c(CN2CCCC3(CCC(=O)N3CC3CCCCC3)CC2)s1.O=C(O)C(F)(F)F. The van der Waals surface area contributed by atoms with Crippen molar-refractivity contribution in [2.24, 2.45) is 5.92 Å². The summed E-state index contributed by atoms with van der Waals surface area (Å²) in [5.41, 5.74) is 1.36. The molecule has 1 aliphatic carbocycles. The molecule has 0 radical (unpaired) electrons. The zero-order chi connectivity index (χ0) is 24.9. The second-order valence-electron chi connectivity index (χ2n) is 9.91. The molecule has 1 aromatic heterocycles. The van der Waals surface area contributed by atoms with Crippen molar-refractivity contribution in [2.45, 2.75) is 96.3 Å². The molecule has 1 saturated carbocycles. The van der Waals surface area contributed by atoms with Crippen LogP contribution in [0, 0.1) is 19.8 Å². The number of alkyl halides is 3. The Morgan fingerprint density at radius 1 is 1.12 bits per heavy atom. The number of halogens is 3. The van der Waals surface area contributed by atoms with Crippen molar-refractivity contribution < 1.29 is 27.9 Å². The second kappa shape index (κ2) is 11.4. The van der Waals surface area contributed by atoms with E-state index in [-0.39, 0.29) is 5.54 Å². The highest BCUT2D eigenvalue weighted by molar-refractivity contribution is 7.11. The van der Waals surface area contributed by atoms with Crippen LogP contribution in [0.25, 0.3) is 0 Å². The number of aliphatic carboxylic acids is 1. The topological polar surface area (TPSA) is 73.7 Å². The predicted molar refractivity (Wildman–Crippen MR) is 125 cm³/mol. The van der Waals surface area contributed by atoms with Crippen LogP contribution in [0.5, 0.6) is 0 Å². The summed E-state index contributed by atoms with van der Waals surface area (Å²) in [6.07, 6.45) is 7.12. The van der Waals surface area contributed by atoms with Crippen LogP contribution in [0.3, 0.4) is 0 Å². The molecule has 3 fully saturated rings. The second-order valence-corrected chi connectivity index (χ2v) is 11.2. The third-order valence-electron chi connectivity index (χ3n) is 7.46.